The van der Waals surface area contributed by atoms with Crippen molar-refractivity contribution in [3.05, 3.63) is 29.3 Å². The third-order valence-corrected chi connectivity index (χ3v) is 3.15. The summed E-state index contributed by atoms with van der Waals surface area (Å²) in [6.07, 6.45) is 2.59. The van der Waals surface area contributed by atoms with Crippen LogP contribution in [0.4, 0.5) is 0 Å². The quantitative estimate of drug-likeness (QED) is 0.826. The van der Waals surface area contributed by atoms with Crippen LogP contribution in [0.1, 0.15) is 49.7 Å². The first-order chi connectivity index (χ1) is 7.74. The molecule has 0 aliphatic heterocycles. The third kappa shape index (κ3) is 2.56. The molecule has 1 aliphatic rings. The van der Waals surface area contributed by atoms with Gasteiger partial charge in [0.15, 0.2) is 0 Å². The molecule has 1 fully saturated rings. The van der Waals surface area contributed by atoms with Gasteiger partial charge in [-0.25, -0.2) is 0 Å². The van der Waals surface area contributed by atoms with Gasteiger partial charge in [-0.3, -0.25) is 0 Å². The zero-order valence-electron chi connectivity index (χ0n) is 10.1. The predicted octanol–water partition coefficient (Wildman–Crippen LogP) is 3.06. The topological polar surface area (TPSA) is 29.5 Å². The molecular formula is C14H20O2. The highest BCUT2D eigenvalue weighted by Gasteiger charge is 2.24. The fourth-order valence-electron chi connectivity index (χ4n) is 1.94. The highest BCUT2D eigenvalue weighted by atomic mass is 16.5. The largest absolute Gasteiger partial charge is 0.494 e. The minimum Gasteiger partial charge on any atom is -0.494 e. The van der Waals surface area contributed by atoms with E-state index in [9.17, 15) is 5.11 Å². The number of aliphatic hydroxyl groups is 1. The molecule has 0 radical (unpaired) electrons. The standard InChI is InChI=1S/C14H20O2/c1-3-16-14-7-12(10(2)9-15)6-13(8-14)11-4-5-11/h6-8,10-11,15H,3-5,9H2,1-2H3. The lowest BCUT2D eigenvalue weighted by Crippen LogP contribution is -2.01. The zero-order chi connectivity index (χ0) is 11.5. The molecule has 1 saturated carbocycles. The molecule has 0 heterocycles. The molecule has 0 aromatic heterocycles. The molecule has 88 valence electrons. The van der Waals surface area contributed by atoms with Crippen LogP contribution in [-0.2, 0) is 0 Å². The van der Waals surface area contributed by atoms with Crippen LogP contribution in [0.5, 0.6) is 5.75 Å². The van der Waals surface area contributed by atoms with E-state index >= 15 is 0 Å². The summed E-state index contributed by atoms with van der Waals surface area (Å²) in [4.78, 5) is 0. The lowest BCUT2D eigenvalue weighted by Gasteiger charge is -2.13. The summed E-state index contributed by atoms with van der Waals surface area (Å²) in [5.74, 6) is 1.87. The van der Waals surface area contributed by atoms with Gasteiger partial charge in [-0.15, -0.1) is 0 Å². The number of aliphatic hydroxyl groups excluding tert-OH is 1. The summed E-state index contributed by atoms with van der Waals surface area (Å²) < 4.78 is 5.58. The number of rotatable bonds is 5. The second-order valence-corrected chi connectivity index (χ2v) is 4.63. The molecule has 1 atom stereocenters. The second-order valence-electron chi connectivity index (χ2n) is 4.63. The van der Waals surface area contributed by atoms with Crippen LogP contribution in [0.2, 0.25) is 0 Å². The molecular weight excluding hydrogens is 200 g/mol. The fourth-order valence-corrected chi connectivity index (χ4v) is 1.94. The van der Waals surface area contributed by atoms with E-state index in [4.69, 9.17) is 4.74 Å². The minimum absolute atomic E-state index is 0.193. The number of hydrogen-bond donors (Lipinski definition) is 1. The minimum atomic E-state index is 0.193. The van der Waals surface area contributed by atoms with Gasteiger partial charge in [0.2, 0.25) is 0 Å². The lowest BCUT2D eigenvalue weighted by atomic mass is 9.97. The lowest BCUT2D eigenvalue weighted by molar-refractivity contribution is 0.272. The summed E-state index contributed by atoms with van der Waals surface area (Å²) in [7, 11) is 0. The van der Waals surface area contributed by atoms with Crippen LogP contribution >= 0.6 is 0 Å². The Kier molecular flexibility index (Phi) is 3.49. The Morgan fingerprint density at radius 3 is 2.69 bits per heavy atom. The fraction of sp³-hybridized carbons (Fsp3) is 0.571. The van der Waals surface area contributed by atoms with Gasteiger partial charge >= 0.3 is 0 Å². The third-order valence-electron chi connectivity index (χ3n) is 3.15. The van der Waals surface area contributed by atoms with Crippen molar-refractivity contribution in [2.24, 2.45) is 0 Å². The molecule has 2 heteroatoms. The van der Waals surface area contributed by atoms with Crippen LogP contribution < -0.4 is 4.74 Å². The smallest absolute Gasteiger partial charge is 0.119 e. The Morgan fingerprint density at radius 1 is 1.38 bits per heavy atom. The molecule has 1 aliphatic carbocycles. The van der Waals surface area contributed by atoms with Gasteiger partial charge in [0, 0.05) is 12.5 Å². The molecule has 0 amide bonds. The van der Waals surface area contributed by atoms with Crippen LogP contribution in [0.3, 0.4) is 0 Å². The molecule has 0 spiro atoms. The van der Waals surface area contributed by atoms with Crippen molar-refractivity contribution in [1.82, 2.24) is 0 Å². The summed E-state index contributed by atoms with van der Waals surface area (Å²) >= 11 is 0. The van der Waals surface area contributed by atoms with Gasteiger partial charge in [0.05, 0.1) is 6.61 Å². The molecule has 1 N–H and O–H groups in total. The molecule has 2 rings (SSSR count). The predicted molar refractivity (Wildman–Crippen MR) is 65.1 cm³/mol. The van der Waals surface area contributed by atoms with Crippen LogP contribution in [0.25, 0.3) is 0 Å². The maximum atomic E-state index is 9.21. The summed E-state index contributed by atoms with van der Waals surface area (Å²) in [6, 6.07) is 6.42. The van der Waals surface area contributed by atoms with E-state index in [-0.39, 0.29) is 12.5 Å². The molecule has 0 bridgehead atoms. The van der Waals surface area contributed by atoms with Gasteiger partial charge in [-0.1, -0.05) is 13.0 Å². The first-order valence-electron chi connectivity index (χ1n) is 6.13. The van der Waals surface area contributed by atoms with E-state index in [1.165, 1.54) is 24.0 Å². The Morgan fingerprint density at radius 2 is 2.12 bits per heavy atom. The highest BCUT2D eigenvalue weighted by Crippen LogP contribution is 2.42. The van der Waals surface area contributed by atoms with E-state index in [1.807, 2.05) is 13.8 Å². The van der Waals surface area contributed by atoms with Crippen LogP contribution in [0, 0.1) is 0 Å². The first kappa shape index (κ1) is 11.5. The number of benzene rings is 1. The first-order valence-corrected chi connectivity index (χ1v) is 6.13. The van der Waals surface area contributed by atoms with Crippen molar-refractivity contribution in [3.63, 3.8) is 0 Å². The average Bonchev–Trinajstić information content (AvgIpc) is 3.12. The second kappa shape index (κ2) is 4.88. The Hall–Kier alpha value is -1.02. The maximum Gasteiger partial charge on any atom is 0.119 e. The van der Waals surface area contributed by atoms with Gasteiger partial charge in [-0.05, 0) is 48.9 Å². The molecule has 1 aromatic carbocycles. The van der Waals surface area contributed by atoms with Crippen molar-refractivity contribution < 1.29 is 9.84 Å². The van der Waals surface area contributed by atoms with Crippen molar-refractivity contribution in [3.8, 4) is 5.75 Å². The Labute approximate surface area is 97.3 Å². The normalized spacial score (nSPS) is 17.2. The van der Waals surface area contributed by atoms with E-state index < -0.39 is 0 Å². The summed E-state index contributed by atoms with van der Waals surface area (Å²) in [6.45, 7) is 4.93. The SMILES string of the molecule is CCOc1cc(C(C)CO)cc(C2CC2)c1. The van der Waals surface area contributed by atoms with Crippen LogP contribution in [-0.4, -0.2) is 18.3 Å². The Balaban J connectivity index is 2.28. The van der Waals surface area contributed by atoms with Crippen LogP contribution in [0.15, 0.2) is 18.2 Å². The van der Waals surface area contributed by atoms with Crippen molar-refractivity contribution >= 4 is 0 Å². The molecule has 16 heavy (non-hydrogen) atoms. The monoisotopic (exact) mass is 220 g/mol. The van der Waals surface area contributed by atoms with Gasteiger partial charge in [0.1, 0.15) is 5.75 Å². The Bertz CT molecular complexity index is 356. The molecule has 1 aromatic rings. The number of ether oxygens (including phenoxy) is 1. The van der Waals surface area contributed by atoms with E-state index in [0.29, 0.717) is 6.61 Å². The zero-order valence-corrected chi connectivity index (χ0v) is 10.1. The molecule has 1 unspecified atom stereocenters. The van der Waals surface area contributed by atoms with Gasteiger partial charge < -0.3 is 9.84 Å². The van der Waals surface area contributed by atoms with E-state index in [0.717, 1.165) is 11.7 Å². The summed E-state index contributed by atoms with van der Waals surface area (Å²) in [5, 5.41) is 9.21. The maximum absolute atomic E-state index is 9.21. The van der Waals surface area contributed by atoms with Crippen molar-refractivity contribution in [2.75, 3.05) is 13.2 Å². The van der Waals surface area contributed by atoms with Crippen molar-refractivity contribution in [2.45, 2.75) is 38.5 Å². The van der Waals surface area contributed by atoms with Gasteiger partial charge in [-0.2, -0.15) is 0 Å². The summed E-state index contributed by atoms with van der Waals surface area (Å²) in [5.41, 5.74) is 2.57. The van der Waals surface area contributed by atoms with Crippen molar-refractivity contribution in [1.29, 1.82) is 0 Å². The highest BCUT2D eigenvalue weighted by molar-refractivity contribution is 5.39. The van der Waals surface area contributed by atoms with E-state index in [1.54, 1.807) is 0 Å². The molecule has 0 saturated heterocycles. The number of hydrogen-bond acceptors (Lipinski definition) is 2. The van der Waals surface area contributed by atoms with Gasteiger partial charge in [0.25, 0.3) is 0 Å². The average molecular weight is 220 g/mol. The van der Waals surface area contributed by atoms with E-state index in [2.05, 4.69) is 18.2 Å². The molecule has 2 nitrogen and oxygen atoms in total.